The van der Waals surface area contributed by atoms with Gasteiger partial charge in [0.05, 0.1) is 6.42 Å². The topological polar surface area (TPSA) is 79.3 Å². The van der Waals surface area contributed by atoms with Crippen molar-refractivity contribution in [2.24, 2.45) is 0 Å². The molecule has 0 bridgehead atoms. The molecule has 0 radical (unpaired) electrons. The van der Waals surface area contributed by atoms with Crippen molar-refractivity contribution in [2.45, 2.75) is 52.0 Å². The van der Waals surface area contributed by atoms with Gasteiger partial charge in [0.2, 0.25) is 0 Å². The summed E-state index contributed by atoms with van der Waals surface area (Å²) in [6.07, 6.45) is 1.33. The molecule has 1 aromatic heterocycles. The number of pyridine rings is 1. The van der Waals surface area contributed by atoms with E-state index >= 15 is 0 Å². The van der Waals surface area contributed by atoms with Crippen molar-refractivity contribution in [3.05, 3.63) is 28.5 Å². The van der Waals surface area contributed by atoms with Crippen LogP contribution in [0.1, 0.15) is 62.0 Å². The lowest BCUT2D eigenvalue weighted by molar-refractivity contribution is -0.137. The summed E-state index contributed by atoms with van der Waals surface area (Å²) < 4.78 is 0. The van der Waals surface area contributed by atoms with Crippen LogP contribution in [-0.2, 0) is 4.79 Å². The molecule has 0 aliphatic rings. The third-order valence-electron chi connectivity index (χ3n) is 3.06. The maximum Gasteiger partial charge on any atom is 0.305 e. The SMILES string of the molecule is CCCC(CC(=O)O)NC(=O)c1cc(Cl)nc(C(C)C)c1. The van der Waals surface area contributed by atoms with Gasteiger partial charge in [-0.25, -0.2) is 4.98 Å². The van der Waals surface area contributed by atoms with E-state index in [0.717, 1.165) is 12.1 Å². The molecule has 0 saturated heterocycles. The minimum atomic E-state index is -0.926. The Hall–Kier alpha value is -1.62. The van der Waals surface area contributed by atoms with Crippen LogP contribution in [0.4, 0.5) is 0 Å². The molecule has 1 atom stereocenters. The monoisotopic (exact) mass is 312 g/mol. The van der Waals surface area contributed by atoms with Gasteiger partial charge in [-0.3, -0.25) is 9.59 Å². The van der Waals surface area contributed by atoms with Gasteiger partial charge in [0.25, 0.3) is 5.91 Å². The lowest BCUT2D eigenvalue weighted by atomic mass is 10.1. The van der Waals surface area contributed by atoms with Crippen LogP contribution in [0.3, 0.4) is 0 Å². The van der Waals surface area contributed by atoms with Crippen molar-refractivity contribution in [2.75, 3.05) is 0 Å². The molecule has 0 spiro atoms. The first-order chi connectivity index (χ1) is 9.83. The van der Waals surface area contributed by atoms with Gasteiger partial charge in [-0.15, -0.1) is 0 Å². The molecule has 116 valence electrons. The number of halogens is 1. The van der Waals surface area contributed by atoms with Crippen molar-refractivity contribution < 1.29 is 14.7 Å². The maximum absolute atomic E-state index is 12.2. The summed E-state index contributed by atoms with van der Waals surface area (Å²) >= 11 is 5.93. The molecule has 6 heteroatoms. The number of amides is 1. The number of hydrogen-bond acceptors (Lipinski definition) is 3. The maximum atomic E-state index is 12.2. The first kappa shape index (κ1) is 17.4. The van der Waals surface area contributed by atoms with Crippen molar-refractivity contribution in [1.82, 2.24) is 10.3 Å². The first-order valence-electron chi connectivity index (χ1n) is 7.03. The average molecular weight is 313 g/mol. The number of rotatable bonds is 7. The molecule has 0 aliphatic carbocycles. The van der Waals surface area contributed by atoms with Gasteiger partial charge in [-0.1, -0.05) is 38.8 Å². The number of aromatic nitrogens is 1. The Labute approximate surface area is 129 Å². The minimum absolute atomic E-state index is 0.0879. The van der Waals surface area contributed by atoms with Crippen LogP contribution in [0.5, 0.6) is 0 Å². The number of nitrogens with zero attached hydrogens (tertiary/aromatic N) is 1. The second-order valence-electron chi connectivity index (χ2n) is 5.32. The van der Waals surface area contributed by atoms with Crippen LogP contribution in [0.15, 0.2) is 12.1 Å². The van der Waals surface area contributed by atoms with Crippen LogP contribution in [0.25, 0.3) is 0 Å². The van der Waals surface area contributed by atoms with Gasteiger partial charge < -0.3 is 10.4 Å². The Morgan fingerprint density at radius 3 is 2.57 bits per heavy atom. The highest BCUT2D eigenvalue weighted by Crippen LogP contribution is 2.18. The zero-order valence-electron chi connectivity index (χ0n) is 12.5. The molecule has 1 unspecified atom stereocenters. The number of nitrogens with one attached hydrogen (secondary N) is 1. The Morgan fingerprint density at radius 1 is 1.38 bits per heavy atom. The van der Waals surface area contributed by atoms with E-state index in [1.807, 2.05) is 20.8 Å². The summed E-state index contributed by atoms with van der Waals surface area (Å²) in [6.45, 7) is 5.87. The van der Waals surface area contributed by atoms with E-state index in [1.54, 1.807) is 6.07 Å². The van der Waals surface area contributed by atoms with Gasteiger partial charge >= 0.3 is 5.97 Å². The van der Waals surface area contributed by atoms with Crippen LogP contribution >= 0.6 is 11.6 Å². The highest BCUT2D eigenvalue weighted by molar-refractivity contribution is 6.29. The molecule has 1 rings (SSSR count). The van der Waals surface area contributed by atoms with Crippen LogP contribution < -0.4 is 5.32 Å². The fourth-order valence-electron chi connectivity index (χ4n) is 2.00. The number of aliphatic carboxylic acids is 1. The summed E-state index contributed by atoms with van der Waals surface area (Å²) in [5, 5.41) is 11.9. The lowest BCUT2D eigenvalue weighted by Gasteiger charge is -2.16. The van der Waals surface area contributed by atoms with E-state index in [0.29, 0.717) is 12.0 Å². The molecular weight excluding hydrogens is 292 g/mol. The van der Waals surface area contributed by atoms with Crippen molar-refractivity contribution in [1.29, 1.82) is 0 Å². The second kappa shape index (κ2) is 7.98. The molecule has 5 nitrogen and oxygen atoms in total. The van der Waals surface area contributed by atoms with E-state index in [9.17, 15) is 9.59 Å². The van der Waals surface area contributed by atoms with E-state index in [1.165, 1.54) is 6.07 Å². The Morgan fingerprint density at radius 2 is 2.05 bits per heavy atom. The fourth-order valence-corrected chi connectivity index (χ4v) is 2.21. The third kappa shape index (κ3) is 5.71. The second-order valence-corrected chi connectivity index (χ2v) is 5.70. The lowest BCUT2D eigenvalue weighted by Crippen LogP contribution is -2.36. The molecule has 21 heavy (non-hydrogen) atoms. The van der Waals surface area contributed by atoms with Gasteiger partial charge in [0, 0.05) is 17.3 Å². The highest BCUT2D eigenvalue weighted by atomic mass is 35.5. The summed E-state index contributed by atoms with van der Waals surface area (Å²) in [4.78, 5) is 27.2. The standard InChI is InChI=1S/C15H21ClN2O3/c1-4-5-11(8-14(19)20)17-15(21)10-6-12(9(2)3)18-13(16)7-10/h6-7,9,11H,4-5,8H2,1-3H3,(H,17,21)(H,19,20). The normalized spacial score (nSPS) is 12.2. The summed E-state index contributed by atoms with van der Waals surface area (Å²) in [6, 6.07) is 2.80. The van der Waals surface area contributed by atoms with Crippen LogP contribution in [0, 0.1) is 0 Å². The Kier molecular flexibility index (Phi) is 6.62. The van der Waals surface area contributed by atoms with Crippen molar-refractivity contribution >= 4 is 23.5 Å². The van der Waals surface area contributed by atoms with E-state index in [-0.39, 0.29) is 29.4 Å². The van der Waals surface area contributed by atoms with Crippen molar-refractivity contribution in [3.8, 4) is 0 Å². The zero-order chi connectivity index (χ0) is 16.0. The summed E-state index contributed by atoms with van der Waals surface area (Å²) in [5.74, 6) is -1.09. The number of carboxylic acids is 1. The van der Waals surface area contributed by atoms with E-state index in [2.05, 4.69) is 10.3 Å². The number of carbonyl (C=O) groups excluding carboxylic acids is 1. The van der Waals surface area contributed by atoms with Gasteiger partial charge in [0.15, 0.2) is 0 Å². The van der Waals surface area contributed by atoms with E-state index in [4.69, 9.17) is 16.7 Å². The molecule has 0 saturated carbocycles. The summed E-state index contributed by atoms with van der Waals surface area (Å²) in [7, 11) is 0. The minimum Gasteiger partial charge on any atom is -0.481 e. The van der Waals surface area contributed by atoms with Crippen LogP contribution in [-0.4, -0.2) is 28.0 Å². The zero-order valence-corrected chi connectivity index (χ0v) is 13.3. The Bertz CT molecular complexity index is 518. The van der Waals surface area contributed by atoms with Gasteiger partial charge in [-0.05, 0) is 24.5 Å². The molecule has 1 amide bonds. The smallest absolute Gasteiger partial charge is 0.305 e. The first-order valence-corrected chi connectivity index (χ1v) is 7.41. The molecule has 2 N–H and O–H groups in total. The molecular formula is C15H21ClN2O3. The fraction of sp³-hybridized carbons (Fsp3) is 0.533. The molecule has 0 aliphatic heterocycles. The molecule has 1 aromatic rings. The summed E-state index contributed by atoms with van der Waals surface area (Å²) in [5.41, 5.74) is 1.14. The quantitative estimate of drug-likeness (QED) is 0.758. The number of hydrogen-bond donors (Lipinski definition) is 2. The molecule has 1 heterocycles. The van der Waals surface area contributed by atoms with Gasteiger partial charge in [0.1, 0.15) is 5.15 Å². The van der Waals surface area contributed by atoms with E-state index < -0.39 is 5.97 Å². The largest absolute Gasteiger partial charge is 0.481 e. The third-order valence-corrected chi connectivity index (χ3v) is 3.25. The predicted molar refractivity (Wildman–Crippen MR) is 81.8 cm³/mol. The molecule has 0 fully saturated rings. The Balaban J connectivity index is 2.88. The van der Waals surface area contributed by atoms with Crippen molar-refractivity contribution in [3.63, 3.8) is 0 Å². The van der Waals surface area contributed by atoms with Crippen LogP contribution in [0.2, 0.25) is 5.15 Å². The number of carbonyl (C=O) groups is 2. The highest BCUT2D eigenvalue weighted by Gasteiger charge is 2.17. The number of carboxylic acid groups (broad SMARTS) is 1. The average Bonchev–Trinajstić information content (AvgIpc) is 2.37. The molecule has 0 aromatic carbocycles. The predicted octanol–water partition coefficient (Wildman–Crippen LogP) is 3.23. The van der Waals surface area contributed by atoms with Gasteiger partial charge in [-0.2, -0.15) is 0 Å².